The molecule has 1 aromatic heterocycles. The fourth-order valence-corrected chi connectivity index (χ4v) is 3.11. The van der Waals surface area contributed by atoms with Gasteiger partial charge in [-0.2, -0.15) is 0 Å². The quantitative estimate of drug-likeness (QED) is 0.647. The van der Waals surface area contributed by atoms with E-state index in [2.05, 4.69) is 15.6 Å². The molecule has 0 unspecified atom stereocenters. The van der Waals surface area contributed by atoms with Crippen molar-refractivity contribution in [1.29, 1.82) is 0 Å². The molecule has 0 saturated heterocycles. The molecule has 6 heteroatoms. The number of nitrogens with zero attached hydrogens (tertiary/aromatic N) is 1. The molecule has 5 nitrogen and oxygen atoms in total. The third-order valence-electron chi connectivity index (χ3n) is 3.66. The summed E-state index contributed by atoms with van der Waals surface area (Å²) >= 11 is 1.41. The number of aromatic nitrogens is 1. The highest BCUT2D eigenvalue weighted by atomic mass is 32.1. The molecule has 26 heavy (non-hydrogen) atoms. The van der Waals surface area contributed by atoms with Crippen LogP contribution in [0.25, 0.3) is 0 Å². The van der Waals surface area contributed by atoms with Gasteiger partial charge in [0.15, 0.2) is 5.13 Å². The molecule has 2 N–H and O–H groups in total. The number of rotatable bonds is 7. The first kappa shape index (κ1) is 18.1. The molecule has 0 aliphatic rings. The van der Waals surface area contributed by atoms with E-state index in [9.17, 15) is 4.79 Å². The molecule has 0 fully saturated rings. The number of carbonyl (C=O) groups excluding carboxylic acids is 1. The summed E-state index contributed by atoms with van der Waals surface area (Å²) in [7, 11) is 0. The lowest BCUT2D eigenvalue weighted by Gasteiger charge is -2.08. The zero-order valence-electron chi connectivity index (χ0n) is 14.6. The van der Waals surface area contributed by atoms with Crippen LogP contribution in [0.3, 0.4) is 0 Å². The highest BCUT2D eigenvalue weighted by Gasteiger charge is 2.05. The number of hydrogen-bond donors (Lipinski definition) is 2. The predicted octanol–water partition coefficient (Wildman–Crippen LogP) is 4.49. The molecule has 3 rings (SSSR count). The minimum Gasteiger partial charge on any atom is -0.372 e. The van der Waals surface area contributed by atoms with Crippen LogP contribution < -0.4 is 10.6 Å². The smallest absolute Gasteiger partial charge is 0.321 e. The number of hydrogen-bond acceptors (Lipinski definition) is 4. The Kier molecular flexibility index (Phi) is 6.35. The summed E-state index contributed by atoms with van der Waals surface area (Å²) in [5, 5.41) is 8.07. The van der Waals surface area contributed by atoms with E-state index in [4.69, 9.17) is 4.74 Å². The number of benzene rings is 2. The van der Waals surface area contributed by atoms with Crippen LogP contribution in [0.1, 0.15) is 22.4 Å². The van der Waals surface area contributed by atoms with Crippen molar-refractivity contribution in [3.63, 3.8) is 0 Å². The minimum atomic E-state index is -0.259. The van der Waals surface area contributed by atoms with Gasteiger partial charge in [0.25, 0.3) is 0 Å². The summed E-state index contributed by atoms with van der Waals surface area (Å²) < 4.78 is 5.76. The molecule has 2 aromatic carbocycles. The highest BCUT2D eigenvalue weighted by Crippen LogP contribution is 2.14. The topological polar surface area (TPSA) is 63.2 Å². The number of thiazole rings is 1. The molecule has 2 amide bonds. The Hall–Kier alpha value is -2.70. The highest BCUT2D eigenvalue weighted by molar-refractivity contribution is 7.13. The van der Waals surface area contributed by atoms with Gasteiger partial charge < -0.3 is 10.1 Å². The Bertz CT molecular complexity index is 849. The number of ether oxygens (including phenoxy) is 1. The van der Waals surface area contributed by atoms with E-state index in [1.165, 1.54) is 11.3 Å². The van der Waals surface area contributed by atoms with Crippen molar-refractivity contribution in [2.24, 2.45) is 0 Å². The van der Waals surface area contributed by atoms with Crippen LogP contribution in [0.5, 0.6) is 0 Å². The van der Waals surface area contributed by atoms with Gasteiger partial charge >= 0.3 is 6.03 Å². The summed E-state index contributed by atoms with van der Waals surface area (Å²) in [6.45, 7) is 3.46. The molecule has 0 aliphatic carbocycles. The van der Waals surface area contributed by atoms with E-state index in [0.29, 0.717) is 24.9 Å². The summed E-state index contributed by atoms with van der Waals surface area (Å²) in [6.07, 6.45) is 0. The van der Waals surface area contributed by atoms with E-state index >= 15 is 0 Å². The van der Waals surface area contributed by atoms with Gasteiger partial charge in [0.1, 0.15) is 0 Å². The van der Waals surface area contributed by atoms with Crippen LogP contribution >= 0.6 is 11.3 Å². The minimum absolute atomic E-state index is 0.259. The SMILES string of the molecule is Cc1csc(NC(=O)NCc2cccc(COCc3ccccc3)c2)n1. The average molecular weight is 367 g/mol. The summed E-state index contributed by atoms with van der Waals surface area (Å²) in [6, 6.07) is 17.8. The van der Waals surface area contributed by atoms with Crippen LogP contribution in [0.15, 0.2) is 60.0 Å². The monoisotopic (exact) mass is 367 g/mol. The van der Waals surface area contributed by atoms with Gasteiger partial charge in [0.2, 0.25) is 0 Å². The zero-order valence-corrected chi connectivity index (χ0v) is 15.4. The Morgan fingerprint density at radius 1 is 1.04 bits per heavy atom. The normalized spacial score (nSPS) is 10.5. The Morgan fingerprint density at radius 3 is 2.54 bits per heavy atom. The van der Waals surface area contributed by atoms with E-state index in [0.717, 1.165) is 22.4 Å². The maximum atomic E-state index is 11.9. The van der Waals surface area contributed by atoms with E-state index < -0.39 is 0 Å². The third-order valence-corrected chi connectivity index (χ3v) is 4.54. The first-order chi connectivity index (χ1) is 12.7. The molecule has 0 atom stereocenters. The summed E-state index contributed by atoms with van der Waals surface area (Å²) in [5.74, 6) is 0. The fourth-order valence-electron chi connectivity index (χ4n) is 2.43. The van der Waals surface area contributed by atoms with Gasteiger partial charge in [0.05, 0.1) is 18.9 Å². The van der Waals surface area contributed by atoms with Gasteiger partial charge in [0, 0.05) is 11.9 Å². The second kappa shape index (κ2) is 9.12. The standard InChI is InChI=1S/C20H21N3O2S/c1-15-14-26-20(22-15)23-19(24)21-11-17-8-5-9-18(10-17)13-25-12-16-6-3-2-4-7-16/h2-10,14H,11-13H2,1H3,(H2,21,22,23,24). The number of urea groups is 1. The van der Waals surface area contributed by atoms with E-state index in [1.54, 1.807) is 0 Å². The van der Waals surface area contributed by atoms with Crippen molar-refractivity contribution >= 4 is 22.5 Å². The lowest BCUT2D eigenvalue weighted by molar-refractivity contribution is 0.107. The first-order valence-electron chi connectivity index (χ1n) is 8.35. The van der Waals surface area contributed by atoms with Crippen molar-refractivity contribution in [1.82, 2.24) is 10.3 Å². The predicted molar refractivity (Wildman–Crippen MR) is 104 cm³/mol. The number of anilines is 1. The Morgan fingerprint density at radius 2 is 1.77 bits per heavy atom. The molecule has 0 saturated carbocycles. The third kappa shape index (κ3) is 5.68. The average Bonchev–Trinajstić information content (AvgIpc) is 3.06. The second-order valence-corrected chi connectivity index (χ2v) is 6.76. The molecule has 0 aliphatic heterocycles. The van der Waals surface area contributed by atoms with Crippen LogP contribution in [-0.2, 0) is 24.5 Å². The molecule has 134 valence electrons. The van der Waals surface area contributed by atoms with Gasteiger partial charge in [-0.25, -0.2) is 9.78 Å². The summed E-state index contributed by atoms with van der Waals surface area (Å²) in [5.41, 5.74) is 4.15. The van der Waals surface area contributed by atoms with E-state index in [1.807, 2.05) is 66.9 Å². The maximum Gasteiger partial charge on any atom is 0.321 e. The van der Waals surface area contributed by atoms with Gasteiger partial charge in [-0.05, 0) is 23.6 Å². The van der Waals surface area contributed by atoms with Crippen molar-refractivity contribution in [3.05, 3.63) is 82.4 Å². The van der Waals surface area contributed by atoms with E-state index in [-0.39, 0.29) is 6.03 Å². The van der Waals surface area contributed by atoms with Crippen LogP contribution in [0.2, 0.25) is 0 Å². The molecule has 0 radical (unpaired) electrons. The van der Waals surface area contributed by atoms with Gasteiger partial charge in [-0.1, -0.05) is 54.6 Å². The lowest BCUT2D eigenvalue weighted by atomic mass is 10.1. The number of amides is 2. The second-order valence-electron chi connectivity index (χ2n) is 5.90. The summed E-state index contributed by atoms with van der Waals surface area (Å²) in [4.78, 5) is 16.1. The molecular weight excluding hydrogens is 346 g/mol. The van der Waals surface area contributed by atoms with Crippen LogP contribution in [0, 0.1) is 6.92 Å². The lowest BCUT2D eigenvalue weighted by Crippen LogP contribution is -2.28. The van der Waals surface area contributed by atoms with Crippen molar-refractivity contribution in [3.8, 4) is 0 Å². The molecule has 3 aromatic rings. The molecular formula is C20H21N3O2S. The first-order valence-corrected chi connectivity index (χ1v) is 9.23. The fraction of sp³-hybridized carbons (Fsp3) is 0.200. The Labute approximate surface area is 157 Å². The number of carbonyl (C=O) groups is 1. The Balaban J connectivity index is 1.45. The number of nitrogens with one attached hydrogen (secondary N) is 2. The maximum absolute atomic E-state index is 11.9. The van der Waals surface area contributed by atoms with Crippen molar-refractivity contribution < 1.29 is 9.53 Å². The molecule has 0 bridgehead atoms. The largest absolute Gasteiger partial charge is 0.372 e. The van der Waals surface area contributed by atoms with Gasteiger partial charge in [-0.3, -0.25) is 5.32 Å². The van der Waals surface area contributed by atoms with Crippen molar-refractivity contribution in [2.45, 2.75) is 26.7 Å². The molecule has 0 spiro atoms. The van der Waals surface area contributed by atoms with Crippen molar-refractivity contribution in [2.75, 3.05) is 5.32 Å². The molecule has 1 heterocycles. The van der Waals surface area contributed by atoms with Crippen LogP contribution in [-0.4, -0.2) is 11.0 Å². The van der Waals surface area contributed by atoms with Gasteiger partial charge in [-0.15, -0.1) is 11.3 Å². The zero-order chi connectivity index (χ0) is 18.2. The van der Waals surface area contributed by atoms with Crippen LogP contribution in [0.4, 0.5) is 9.93 Å². The number of aryl methyl sites for hydroxylation is 1.